The predicted molar refractivity (Wildman–Crippen MR) is 51.8 cm³/mol. The van der Waals surface area contributed by atoms with E-state index in [4.69, 9.17) is 4.74 Å². The minimum absolute atomic E-state index is 0.153. The molecule has 0 aromatic carbocycles. The summed E-state index contributed by atoms with van der Waals surface area (Å²) < 4.78 is 29.3. The highest BCUT2D eigenvalue weighted by Gasteiger charge is 2.25. The van der Waals surface area contributed by atoms with Crippen LogP contribution in [0.2, 0.25) is 0 Å². The third kappa shape index (κ3) is 4.11. The van der Waals surface area contributed by atoms with Crippen LogP contribution in [-0.4, -0.2) is 31.6 Å². The van der Waals surface area contributed by atoms with Crippen LogP contribution in [0.3, 0.4) is 0 Å². The molecule has 3 nitrogen and oxygen atoms in total. The Labute approximate surface area is 88.2 Å². The summed E-state index contributed by atoms with van der Waals surface area (Å²) in [5.41, 5.74) is 0. The molecule has 1 saturated heterocycles. The molecule has 1 N–H and O–H groups in total. The number of carbonyl (C=O) groups is 1. The van der Waals surface area contributed by atoms with Crippen LogP contribution in [0.15, 0.2) is 0 Å². The maximum Gasteiger partial charge on any atom is 0.240 e. The van der Waals surface area contributed by atoms with Gasteiger partial charge in [0.1, 0.15) is 0 Å². The quantitative estimate of drug-likeness (QED) is 0.765. The fourth-order valence-corrected chi connectivity index (χ4v) is 1.60. The summed E-state index contributed by atoms with van der Waals surface area (Å²) in [6.45, 7) is 2.79. The van der Waals surface area contributed by atoms with Crippen LogP contribution in [0.4, 0.5) is 8.78 Å². The maximum atomic E-state index is 12.1. The second-order valence-corrected chi connectivity index (χ2v) is 3.80. The molecule has 15 heavy (non-hydrogen) atoms. The SMILES string of the molecule is CC[C@H](CC(F)F)NC(=O)[C@H]1CCOC1. The van der Waals surface area contributed by atoms with Crippen molar-refractivity contribution in [1.82, 2.24) is 5.32 Å². The van der Waals surface area contributed by atoms with Crippen LogP contribution >= 0.6 is 0 Å². The molecule has 0 aromatic rings. The average molecular weight is 221 g/mol. The van der Waals surface area contributed by atoms with Gasteiger partial charge in [-0.25, -0.2) is 8.78 Å². The van der Waals surface area contributed by atoms with Crippen molar-refractivity contribution in [2.75, 3.05) is 13.2 Å². The molecule has 1 rings (SSSR count). The Morgan fingerprint density at radius 1 is 1.60 bits per heavy atom. The molecule has 0 aliphatic carbocycles. The van der Waals surface area contributed by atoms with Gasteiger partial charge in [-0.3, -0.25) is 4.79 Å². The van der Waals surface area contributed by atoms with Gasteiger partial charge < -0.3 is 10.1 Å². The fourth-order valence-electron chi connectivity index (χ4n) is 1.60. The number of carbonyl (C=O) groups excluding carboxylic acids is 1. The second-order valence-electron chi connectivity index (χ2n) is 3.80. The first-order chi connectivity index (χ1) is 7.13. The summed E-state index contributed by atoms with van der Waals surface area (Å²) in [6, 6.07) is -0.418. The number of hydrogen-bond donors (Lipinski definition) is 1. The first kappa shape index (κ1) is 12.4. The van der Waals surface area contributed by atoms with Crippen LogP contribution in [0.25, 0.3) is 0 Å². The predicted octanol–water partition coefficient (Wildman–Crippen LogP) is 1.57. The van der Waals surface area contributed by atoms with Crippen molar-refractivity contribution in [3.05, 3.63) is 0 Å². The highest BCUT2D eigenvalue weighted by Crippen LogP contribution is 2.14. The van der Waals surface area contributed by atoms with Crippen LogP contribution in [-0.2, 0) is 9.53 Å². The molecule has 1 aliphatic heterocycles. The smallest absolute Gasteiger partial charge is 0.240 e. The van der Waals surface area contributed by atoms with Crippen molar-refractivity contribution in [2.45, 2.75) is 38.7 Å². The molecule has 2 atom stereocenters. The molecule has 0 saturated carbocycles. The normalized spacial score (nSPS) is 23.1. The van der Waals surface area contributed by atoms with Gasteiger partial charge in [-0.15, -0.1) is 0 Å². The van der Waals surface area contributed by atoms with Gasteiger partial charge in [-0.2, -0.15) is 0 Å². The second kappa shape index (κ2) is 6.00. The van der Waals surface area contributed by atoms with Gasteiger partial charge in [-0.1, -0.05) is 6.92 Å². The summed E-state index contributed by atoms with van der Waals surface area (Å²) in [7, 11) is 0. The lowest BCUT2D eigenvalue weighted by atomic mass is 10.1. The molecule has 0 spiro atoms. The Morgan fingerprint density at radius 3 is 2.80 bits per heavy atom. The standard InChI is InChI=1S/C10H17F2NO2/c1-2-8(5-9(11)12)13-10(14)7-3-4-15-6-7/h7-9H,2-6H2,1H3,(H,13,14)/t7-,8+/m0/s1. The average Bonchev–Trinajstić information content (AvgIpc) is 2.68. The van der Waals surface area contributed by atoms with Crippen LogP contribution in [0, 0.1) is 5.92 Å². The minimum Gasteiger partial charge on any atom is -0.381 e. The van der Waals surface area contributed by atoms with Crippen molar-refractivity contribution in [3.63, 3.8) is 0 Å². The molecule has 0 aromatic heterocycles. The van der Waals surface area contributed by atoms with E-state index in [-0.39, 0.29) is 18.2 Å². The first-order valence-corrected chi connectivity index (χ1v) is 5.29. The van der Waals surface area contributed by atoms with Crippen molar-refractivity contribution in [2.24, 2.45) is 5.92 Å². The Bertz CT molecular complexity index is 206. The van der Waals surface area contributed by atoms with E-state index in [1.54, 1.807) is 6.92 Å². The lowest BCUT2D eigenvalue weighted by molar-refractivity contribution is -0.125. The van der Waals surface area contributed by atoms with E-state index in [0.29, 0.717) is 26.1 Å². The van der Waals surface area contributed by atoms with Crippen LogP contribution in [0.5, 0.6) is 0 Å². The van der Waals surface area contributed by atoms with Gasteiger partial charge in [0.05, 0.1) is 12.5 Å². The van der Waals surface area contributed by atoms with Crippen molar-refractivity contribution in [1.29, 1.82) is 0 Å². The van der Waals surface area contributed by atoms with Gasteiger partial charge in [0.25, 0.3) is 0 Å². The first-order valence-electron chi connectivity index (χ1n) is 5.29. The Morgan fingerprint density at radius 2 is 2.33 bits per heavy atom. The monoisotopic (exact) mass is 221 g/mol. The van der Waals surface area contributed by atoms with Gasteiger partial charge in [0, 0.05) is 19.1 Å². The molecule has 0 radical (unpaired) electrons. The number of ether oxygens (including phenoxy) is 1. The highest BCUT2D eigenvalue weighted by molar-refractivity contribution is 5.79. The van der Waals surface area contributed by atoms with E-state index in [1.165, 1.54) is 0 Å². The number of nitrogens with one attached hydrogen (secondary N) is 1. The molecule has 88 valence electrons. The zero-order valence-corrected chi connectivity index (χ0v) is 8.84. The van der Waals surface area contributed by atoms with E-state index in [0.717, 1.165) is 0 Å². The Kier molecular flexibility index (Phi) is 4.94. The van der Waals surface area contributed by atoms with E-state index < -0.39 is 12.5 Å². The molecular weight excluding hydrogens is 204 g/mol. The topological polar surface area (TPSA) is 38.3 Å². The third-order valence-electron chi connectivity index (χ3n) is 2.60. The molecule has 5 heteroatoms. The maximum absolute atomic E-state index is 12.1. The number of rotatable bonds is 5. The highest BCUT2D eigenvalue weighted by atomic mass is 19.3. The largest absolute Gasteiger partial charge is 0.381 e. The van der Waals surface area contributed by atoms with Crippen LogP contribution < -0.4 is 5.32 Å². The van der Waals surface area contributed by atoms with Crippen molar-refractivity contribution in [3.8, 4) is 0 Å². The van der Waals surface area contributed by atoms with Gasteiger partial charge >= 0.3 is 0 Å². The summed E-state index contributed by atoms with van der Waals surface area (Å²) in [6.07, 6.45) is -1.41. The van der Waals surface area contributed by atoms with E-state index in [2.05, 4.69) is 5.32 Å². The Hall–Kier alpha value is -0.710. The summed E-state index contributed by atoms with van der Waals surface area (Å²) in [5.74, 6) is -0.309. The number of amides is 1. The zero-order valence-electron chi connectivity index (χ0n) is 8.84. The molecule has 1 aliphatic rings. The van der Waals surface area contributed by atoms with Crippen LogP contribution in [0.1, 0.15) is 26.2 Å². The summed E-state index contributed by atoms with van der Waals surface area (Å²) in [4.78, 5) is 11.6. The minimum atomic E-state index is -2.37. The van der Waals surface area contributed by atoms with Gasteiger partial charge in [0.2, 0.25) is 12.3 Å². The lowest BCUT2D eigenvalue weighted by Crippen LogP contribution is -2.39. The molecule has 0 unspecified atom stereocenters. The molecular formula is C10H17F2NO2. The number of alkyl halides is 2. The molecule has 1 heterocycles. The summed E-state index contributed by atoms with van der Waals surface area (Å²) in [5, 5.41) is 2.64. The van der Waals surface area contributed by atoms with E-state index in [1.807, 2.05) is 0 Å². The van der Waals surface area contributed by atoms with Crippen molar-refractivity contribution >= 4 is 5.91 Å². The molecule has 0 bridgehead atoms. The fraction of sp³-hybridized carbons (Fsp3) is 0.900. The number of hydrogen-bond acceptors (Lipinski definition) is 2. The third-order valence-corrected chi connectivity index (χ3v) is 2.60. The number of halogens is 2. The molecule has 1 amide bonds. The van der Waals surface area contributed by atoms with Gasteiger partial charge in [-0.05, 0) is 12.8 Å². The van der Waals surface area contributed by atoms with E-state index >= 15 is 0 Å². The Balaban J connectivity index is 2.33. The van der Waals surface area contributed by atoms with E-state index in [9.17, 15) is 13.6 Å². The van der Waals surface area contributed by atoms with Gasteiger partial charge in [0.15, 0.2) is 0 Å². The lowest BCUT2D eigenvalue weighted by Gasteiger charge is -2.18. The van der Waals surface area contributed by atoms with Crippen molar-refractivity contribution < 1.29 is 18.3 Å². The zero-order chi connectivity index (χ0) is 11.3. The summed E-state index contributed by atoms with van der Waals surface area (Å²) >= 11 is 0. The molecule has 1 fully saturated rings.